The second-order valence-corrected chi connectivity index (χ2v) is 2.55. The largest absolute Gasteiger partial charge is 0.260 e. The second-order valence-electron chi connectivity index (χ2n) is 2.55. The minimum Gasteiger partial charge on any atom is -0.260 e. The molecule has 0 spiro atoms. The van der Waals surface area contributed by atoms with Gasteiger partial charge in [-0.1, -0.05) is 6.07 Å². The summed E-state index contributed by atoms with van der Waals surface area (Å²) in [7, 11) is 3.92. The van der Waals surface area contributed by atoms with Gasteiger partial charge in [0.2, 0.25) is 0 Å². The molecular formula is C8H13N3. The molecule has 1 N–H and O–H groups in total. The molecular weight excluding hydrogens is 138 g/mol. The maximum Gasteiger partial charge on any atom is 0.0555 e. The SMILES string of the molecule is CN(C)NCc1ccccn1. The molecule has 0 bridgehead atoms. The Labute approximate surface area is 67.0 Å². The zero-order valence-corrected chi connectivity index (χ0v) is 6.91. The van der Waals surface area contributed by atoms with E-state index in [9.17, 15) is 0 Å². The maximum absolute atomic E-state index is 4.16. The fourth-order valence-corrected chi connectivity index (χ4v) is 0.742. The lowest BCUT2D eigenvalue weighted by Gasteiger charge is -2.10. The van der Waals surface area contributed by atoms with Crippen LogP contribution in [0.2, 0.25) is 0 Å². The third kappa shape index (κ3) is 3.11. The van der Waals surface area contributed by atoms with Gasteiger partial charge in [-0.15, -0.1) is 0 Å². The Kier molecular flexibility index (Phi) is 3.01. The molecule has 0 atom stereocenters. The fourth-order valence-electron chi connectivity index (χ4n) is 0.742. The lowest BCUT2D eigenvalue weighted by molar-refractivity contribution is 0.284. The van der Waals surface area contributed by atoms with Crippen LogP contribution in [0.3, 0.4) is 0 Å². The quantitative estimate of drug-likeness (QED) is 0.643. The van der Waals surface area contributed by atoms with Crippen molar-refractivity contribution in [2.24, 2.45) is 0 Å². The topological polar surface area (TPSA) is 28.2 Å². The molecule has 0 aliphatic heterocycles. The predicted molar refractivity (Wildman–Crippen MR) is 44.8 cm³/mol. The standard InChI is InChI=1S/C8H13N3/c1-11(2)10-7-8-5-3-4-6-9-8/h3-6,10H,7H2,1-2H3. The van der Waals surface area contributed by atoms with E-state index in [0.717, 1.165) is 12.2 Å². The molecule has 60 valence electrons. The minimum atomic E-state index is 0.786. The predicted octanol–water partition coefficient (Wildman–Crippen LogP) is 0.648. The molecule has 0 aliphatic rings. The van der Waals surface area contributed by atoms with E-state index in [1.165, 1.54) is 0 Å². The Morgan fingerprint density at radius 1 is 1.45 bits per heavy atom. The Morgan fingerprint density at radius 3 is 2.82 bits per heavy atom. The Balaban J connectivity index is 2.39. The summed E-state index contributed by atoms with van der Waals surface area (Å²) in [5, 5.41) is 1.91. The summed E-state index contributed by atoms with van der Waals surface area (Å²) in [5.41, 5.74) is 4.19. The number of hydrogen-bond acceptors (Lipinski definition) is 3. The van der Waals surface area contributed by atoms with Gasteiger partial charge in [0.25, 0.3) is 0 Å². The Hall–Kier alpha value is -0.930. The lowest BCUT2D eigenvalue weighted by atomic mass is 10.4. The van der Waals surface area contributed by atoms with E-state index >= 15 is 0 Å². The highest BCUT2D eigenvalue weighted by Crippen LogP contribution is 1.91. The number of nitrogens with one attached hydrogen (secondary N) is 1. The Morgan fingerprint density at radius 2 is 2.27 bits per heavy atom. The number of hydrogen-bond donors (Lipinski definition) is 1. The first-order valence-corrected chi connectivity index (χ1v) is 3.60. The van der Waals surface area contributed by atoms with Crippen LogP contribution < -0.4 is 5.43 Å². The van der Waals surface area contributed by atoms with E-state index in [1.807, 2.05) is 37.3 Å². The van der Waals surface area contributed by atoms with Gasteiger partial charge in [-0.3, -0.25) is 9.99 Å². The van der Waals surface area contributed by atoms with E-state index in [-0.39, 0.29) is 0 Å². The molecule has 0 fully saturated rings. The molecule has 3 heteroatoms. The van der Waals surface area contributed by atoms with Gasteiger partial charge in [0.1, 0.15) is 0 Å². The van der Waals surface area contributed by atoms with Crippen molar-refractivity contribution in [3.63, 3.8) is 0 Å². The van der Waals surface area contributed by atoms with Crippen LogP contribution in [-0.2, 0) is 6.54 Å². The third-order valence-corrected chi connectivity index (χ3v) is 1.30. The van der Waals surface area contributed by atoms with Gasteiger partial charge in [0.15, 0.2) is 0 Å². The van der Waals surface area contributed by atoms with Crippen molar-refractivity contribution in [2.45, 2.75) is 6.54 Å². The van der Waals surface area contributed by atoms with Crippen molar-refractivity contribution in [3.8, 4) is 0 Å². The van der Waals surface area contributed by atoms with Crippen LogP contribution in [0.5, 0.6) is 0 Å². The van der Waals surface area contributed by atoms with Gasteiger partial charge in [-0.2, -0.15) is 0 Å². The number of nitrogens with zero attached hydrogens (tertiary/aromatic N) is 2. The van der Waals surface area contributed by atoms with Gasteiger partial charge in [0, 0.05) is 20.3 Å². The molecule has 1 aromatic rings. The van der Waals surface area contributed by atoms with Gasteiger partial charge < -0.3 is 0 Å². The van der Waals surface area contributed by atoms with Gasteiger partial charge in [0.05, 0.1) is 12.2 Å². The van der Waals surface area contributed by atoms with Crippen molar-refractivity contribution in [3.05, 3.63) is 30.1 Å². The number of rotatable bonds is 3. The zero-order valence-electron chi connectivity index (χ0n) is 6.91. The van der Waals surface area contributed by atoms with Crippen LogP contribution in [0, 0.1) is 0 Å². The van der Waals surface area contributed by atoms with Crippen LogP contribution in [0.4, 0.5) is 0 Å². The minimum absolute atomic E-state index is 0.786. The first kappa shape index (κ1) is 8.17. The molecule has 0 aromatic carbocycles. The van der Waals surface area contributed by atoms with Gasteiger partial charge in [-0.05, 0) is 12.1 Å². The summed E-state index contributed by atoms with van der Waals surface area (Å²) in [6, 6.07) is 5.90. The number of hydrazine groups is 1. The highest BCUT2D eigenvalue weighted by atomic mass is 15.5. The highest BCUT2D eigenvalue weighted by Gasteiger charge is 1.91. The third-order valence-electron chi connectivity index (χ3n) is 1.30. The van der Waals surface area contributed by atoms with Crippen LogP contribution in [-0.4, -0.2) is 24.1 Å². The second kappa shape index (κ2) is 4.05. The van der Waals surface area contributed by atoms with Crippen molar-refractivity contribution in [2.75, 3.05) is 14.1 Å². The molecule has 0 radical (unpaired) electrons. The average Bonchev–Trinajstić information content (AvgIpc) is 2.03. The fraction of sp³-hybridized carbons (Fsp3) is 0.375. The molecule has 3 nitrogen and oxygen atoms in total. The van der Waals surface area contributed by atoms with Crippen LogP contribution >= 0.6 is 0 Å². The first-order valence-electron chi connectivity index (χ1n) is 3.60. The van der Waals surface area contributed by atoms with Crippen molar-refractivity contribution < 1.29 is 0 Å². The molecule has 0 aliphatic carbocycles. The smallest absolute Gasteiger partial charge is 0.0555 e. The van der Waals surface area contributed by atoms with Gasteiger partial charge >= 0.3 is 0 Å². The monoisotopic (exact) mass is 151 g/mol. The molecule has 1 rings (SSSR count). The summed E-state index contributed by atoms with van der Waals surface area (Å²) in [6.45, 7) is 0.786. The molecule has 1 aromatic heterocycles. The molecule has 0 saturated carbocycles. The van der Waals surface area contributed by atoms with Crippen molar-refractivity contribution in [1.29, 1.82) is 0 Å². The molecule has 1 heterocycles. The summed E-state index contributed by atoms with van der Waals surface area (Å²) >= 11 is 0. The summed E-state index contributed by atoms with van der Waals surface area (Å²) in [4.78, 5) is 4.16. The molecule has 11 heavy (non-hydrogen) atoms. The van der Waals surface area contributed by atoms with Crippen LogP contribution in [0.25, 0.3) is 0 Å². The average molecular weight is 151 g/mol. The zero-order chi connectivity index (χ0) is 8.10. The first-order chi connectivity index (χ1) is 5.29. The van der Waals surface area contributed by atoms with E-state index in [2.05, 4.69) is 10.4 Å². The molecule has 0 unspecified atom stereocenters. The van der Waals surface area contributed by atoms with Crippen LogP contribution in [0.1, 0.15) is 5.69 Å². The summed E-state index contributed by atoms with van der Waals surface area (Å²) in [5.74, 6) is 0. The van der Waals surface area contributed by atoms with Crippen molar-refractivity contribution >= 4 is 0 Å². The summed E-state index contributed by atoms with van der Waals surface area (Å²) in [6.07, 6.45) is 1.80. The molecule has 0 amide bonds. The number of pyridine rings is 1. The Bertz CT molecular complexity index is 196. The molecule has 0 saturated heterocycles. The van der Waals surface area contributed by atoms with E-state index < -0.39 is 0 Å². The van der Waals surface area contributed by atoms with Crippen molar-refractivity contribution in [1.82, 2.24) is 15.4 Å². The van der Waals surface area contributed by atoms with Crippen LogP contribution in [0.15, 0.2) is 24.4 Å². The van der Waals surface area contributed by atoms with E-state index in [0.29, 0.717) is 0 Å². The van der Waals surface area contributed by atoms with Gasteiger partial charge in [-0.25, -0.2) is 5.43 Å². The number of aromatic nitrogens is 1. The summed E-state index contributed by atoms with van der Waals surface area (Å²) < 4.78 is 0. The lowest BCUT2D eigenvalue weighted by Crippen LogP contribution is -2.29. The highest BCUT2D eigenvalue weighted by molar-refractivity contribution is 5.02. The van der Waals surface area contributed by atoms with E-state index in [4.69, 9.17) is 0 Å². The normalized spacial score (nSPS) is 10.5. The maximum atomic E-state index is 4.16. The van der Waals surface area contributed by atoms with E-state index in [1.54, 1.807) is 6.20 Å².